The average molecular weight is 308 g/mol. The van der Waals surface area contributed by atoms with Gasteiger partial charge in [-0.05, 0) is 56.1 Å². The highest BCUT2D eigenvalue weighted by Gasteiger charge is 2.31. The first-order valence-corrected chi connectivity index (χ1v) is 8.74. The highest BCUT2D eigenvalue weighted by molar-refractivity contribution is 7.98. The number of carbonyl (C=O) groups excluding carboxylic acids is 1. The molecule has 4 nitrogen and oxygen atoms in total. The van der Waals surface area contributed by atoms with E-state index in [1.807, 2.05) is 18.2 Å². The number of urea groups is 1. The Labute approximate surface area is 130 Å². The standard InChI is InChI=1S/C16H24N2O2S/c1-11(21-2)13-4-3-5-14(10-13)17-16(20)18-15(8-9-19)12-6-7-12/h3-5,10-12,15,19H,6-9H2,1-2H3,(H2,17,18,20)/t11-,15-/m0/s1. The smallest absolute Gasteiger partial charge is 0.319 e. The molecular formula is C16H24N2O2S. The Hall–Kier alpha value is -1.20. The fraction of sp³-hybridized carbons (Fsp3) is 0.562. The van der Waals surface area contributed by atoms with Crippen molar-refractivity contribution in [2.45, 2.75) is 37.5 Å². The zero-order valence-corrected chi connectivity index (χ0v) is 13.5. The molecule has 0 spiro atoms. The maximum atomic E-state index is 12.1. The number of benzene rings is 1. The number of aliphatic hydroxyl groups is 1. The number of amides is 2. The summed E-state index contributed by atoms with van der Waals surface area (Å²) >= 11 is 1.78. The molecule has 0 bridgehead atoms. The summed E-state index contributed by atoms with van der Waals surface area (Å²) < 4.78 is 0. The maximum Gasteiger partial charge on any atom is 0.319 e. The fourth-order valence-corrected chi connectivity index (χ4v) is 2.82. The van der Waals surface area contributed by atoms with Crippen LogP contribution in [0.2, 0.25) is 0 Å². The number of hydrogen-bond donors (Lipinski definition) is 3. The van der Waals surface area contributed by atoms with Crippen LogP contribution in [-0.2, 0) is 0 Å². The van der Waals surface area contributed by atoms with Crippen LogP contribution in [0.25, 0.3) is 0 Å². The third-order valence-electron chi connectivity index (χ3n) is 3.92. The minimum atomic E-state index is -0.186. The van der Waals surface area contributed by atoms with Crippen molar-refractivity contribution in [1.82, 2.24) is 5.32 Å². The normalized spacial score (nSPS) is 17.1. The lowest BCUT2D eigenvalue weighted by Crippen LogP contribution is -2.39. The molecule has 0 heterocycles. The van der Waals surface area contributed by atoms with Crippen LogP contribution in [0.1, 0.15) is 37.0 Å². The Morgan fingerprint density at radius 2 is 2.24 bits per heavy atom. The molecule has 5 heteroatoms. The van der Waals surface area contributed by atoms with Gasteiger partial charge in [-0.2, -0.15) is 11.8 Å². The molecule has 2 atom stereocenters. The largest absolute Gasteiger partial charge is 0.396 e. The van der Waals surface area contributed by atoms with Gasteiger partial charge in [0.1, 0.15) is 0 Å². The van der Waals surface area contributed by atoms with Crippen molar-refractivity contribution in [3.8, 4) is 0 Å². The Balaban J connectivity index is 1.92. The summed E-state index contributed by atoms with van der Waals surface area (Å²) in [6.45, 7) is 2.26. The van der Waals surface area contributed by atoms with Gasteiger partial charge in [0.05, 0.1) is 0 Å². The zero-order valence-electron chi connectivity index (χ0n) is 12.6. The SMILES string of the molecule is CS[C@@H](C)c1cccc(NC(=O)N[C@@H](CCO)C2CC2)c1. The number of thioether (sulfide) groups is 1. The van der Waals surface area contributed by atoms with Crippen LogP contribution in [0.15, 0.2) is 24.3 Å². The van der Waals surface area contributed by atoms with E-state index in [9.17, 15) is 4.79 Å². The predicted molar refractivity (Wildman–Crippen MR) is 88.7 cm³/mol. The monoisotopic (exact) mass is 308 g/mol. The zero-order chi connectivity index (χ0) is 15.2. The van der Waals surface area contributed by atoms with Crippen molar-refractivity contribution < 1.29 is 9.90 Å². The lowest BCUT2D eigenvalue weighted by atomic mass is 10.1. The first-order valence-electron chi connectivity index (χ1n) is 7.45. The molecule has 0 saturated heterocycles. The molecule has 1 aliphatic rings. The second kappa shape index (κ2) is 7.71. The molecule has 1 aromatic carbocycles. The molecule has 0 radical (unpaired) electrons. The topological polar surface area (TPSA) is 61.4 Å². The first kappa shape index (κ1) is 16.2. The molecule has 0 aliphatic heterocycles. The number of rotatable bonds is 7. The van der Waals surface area contributed by atoms with Gasteiger partial charge in [0, 0.05) is 23.6 Å². The molecule has 2 rings (SSSR count). The first-order chi connectivity index (χ1) is 10.1. The minimum Gasteiger partial charge on any atom is -0.396 e. The highest BCUT2D eigenvalue weighted by Crippen LogP contribution is 2.34. The average Bonchev–Trinajstić information content (AvgIpc) is 3.31. The summed E-state index contributed by atoms with van der Waals surface area (Å²) in [7, 11) is 0. The van der Waals surface area contributed by atoms with Gasteiger partial charge in [-0.25, -0.2) is 4.79 Å². The lowest BCUT2D eigenvalue weighted by Gasteiger charge is -2.18. The fourth-order valence-electron chi connectivity index (χ4n) is 2.40. The molecular weight excluding hydrogens is 284 g/mol. The summed E-state index contributed by atoms with van der Waals surface area (Å²) in [5.41, 5.74) is 2.01. The van der Waals surface area contributed by atoms with E-state index in [0.717, 1.165) is 18.5 Å². The van der Waals surface area contributed by atoms with Gasteiger partial charge in [-0.15, -0.1) is 0 Å². The summed E-state index contributed by atoms with van der Waals surface area (Å²) in [6.07, 6.45) is 4.99. The Bertz CT molecular complexity index is 477. The summed E-state index contributed by atoms with van der Waals surface area (Å²) in [6, 6.07) is 7.85. The van der Waals surface area contributed by atoms with Crippen molar-refractivity contribution in [2.75, 3.05) is 18.2 Å². The van der Waals surface area contributed by atoms with Gasteiger partial charge < -0.3 is 15.7 Å². The van der Waals surface area contributed by atoms with Crippen LogP contribution in [0, 0.1) is 5.92 Å². The van der Waals surface area contributed by atoms with E-state index >= 15 is 0 Å². The van der Waals surface area contributed by atoms with E-state index in [1.165, 1.54) is 5.56 Å². The van der Waals surface area contributed by atoms with Crippen LogP contribution in [0.3, 0.4) is 0 Å². The van der Waals surface area contributed by atoms with Gasteiger partial charge in [0.2, 0.25) is 0 Å². The second-order valence-corrected chi connectivity index (χ2v) is 6.74. The van der Waals surface area contributed by atoms with E-state index in [0.29, 0.717) is 17.6 Å². The Morgan fingerprint density at radius 1 is 1.48 bits per heavy atom. The van der Waals surface area contributed by atoms with E-state index in [-0.39, 0.29) is 18.7 Å². The minimum absolute atomic E-state index is 0.0864. The third-order valence-corrected chi connectivity index (χ3v) is 4.89. The molecule has 1 saturated carbocycles. The van der Waals surface area contributed by atoms with E-state index in [2.05, 4.69) is 29.9 Å². The van der Waals surface area contributed by atoms with Crippen LogP contribution in [0.4, 0.5) is 10.5 Å². The maximum absolute atomic E-state index is 12.1. The molecule has 3 N–H and O–H groups in total. The number of nitrogens with one attached hydrogen (secondary N) is 2. The van der Waals surface area contributed by atoms with Crippen LogP contribution < -0.4 is 10.6 Å². The second-order valence-electron chi connectivity index (χ2n) is 5.56. The highest BCUT2D eigenvalue weighted by atomic mass is 32.2. The molecule has 0 unspecified atom stereocenters. The van der Waals surface area contributed by atoms with Crippen molar-refractivity contribution in [1.29, 1.82) is 0 Å². The van der Waals surface area contributed by atoms with Gasteiger partial charge in [0.15, 0.2) is 0 Å². The van der Waals surface area contributed by atoms with Crippen molar-refractivity contribution >= 4 is 23.5 Å². The summed E-state index contributed by atoms with van der Waals surface area (Å²) in [5, 5.41) is 15.3. The molecule has 116 valence electrons. The van der Waals surface area contributed by atoms with E-state index in [4.69, 9.17) is 5.11 Å². The predicted octanol–water partition coefficient (Wildman–Crippen LogP) is 3.39. The van der Waals surface area contributed by atoms with Gasteiger partial charge in [-0.1, -0.05) is 12.1 Å². The quantitative estimate of drug-likeness (QED) is 0.723. The van der Waals surface area contributed by atoms with Crippen molar-refractivity contribution in [2.24, 2.45) is 5.92 Å². The molecule has 1 aromatic rings. The summed E-state index contributed by atoms with van der Waals surface area (Å²) in [5.74, 6) is 0.533. The number of hydrogen-bond acceptors (Lipinski definition) is 3. The Kier molecular flexibility index (Phi) is 5.94. The molecule has 1 fully saturated rings. The van der Waals surface area contributed by atoms with Crippen LogP contribution in [-0.4, -0.2) is 30.0 Å². The van der Waals surface area contributed by atoms with E-state index in [1.54, 1.807) is 11.8 Å². The van der Waals surface area contributed by atoms with Crippen molar-refractivity contribution in [3.63, 3.8) is 0 Å². The third kappa shape index (κ3) is 4.93. The number of carbonyl (C=O) groups is 1. The Morgan fingerprint density at radius 3 is 2.86 bits per heavy atom. The lowest BCUT2D eigenvalue weighted by molar-refractivity contribution is 0.234. The molecule has 0 aromatic heterocycles. The molecule has 2 amide bonds. The number of aliphatic hydroxyl groups excluding tert-OH is 1. The van der Waals surface area contributed by atoms with E-state index < -0.39 is 0 Å². The molecule has 1 aliphatic carbocycles. The van der Waals surface area contributed by atoms with Gasteiger partial charge in [-0.3, -0.25) is 0 Å². The van der Waals surface area contributed by atoms with Gasteiger partial charge >= 0.3 is 6.03 Å². The van der Waals surface area contributed by atoms with Crippen LogP contribution >= 0.6 is 11.8 Å². The van der Waals surface area contributed by atoms with Crippen LogP contribution in [0.5, 0.6) is 0 Å². The number of anilines is 1. The molecule has 21 heavy (non-hydrogen) atoms. The summed E-state index contributed by atoms with van der Waals surface area (Å²) in [4.78, 5) is 12.1. The van der Waals surface area contributed by atoms with Crippen molar-refractivity contribution in [3.05, 3.63) is 29.8 Å². The van der Waals surface area contributed by atoms with Gasteiger partial charge in [0.25, 0.3) is 0 Å².